The average Bonchev–Trinajstić information content (AvgIpc) is 3.20. The fraction of sp³-hybridized carbons (Fsp3) is 0.304. The Morgan fingerprint density at radius 3 is 2.39 bits per heavy atom. The topological polar surface area (TPSA) is 63.9 Å². The van der Waals surface area contributed by atoms with Gasteiger partial charge in [0.1, 0.15) is 11.5 Å². The number of hydrogen-bond acceptors (Lipinski definition) is 5. The van der Waals surface area contributed by atoms with Crippen LogP contribution >= 0.6 is 0 Å². The van der Waals surface area contributed by atoms with Crippen LogP contribution in [0.4, 0.5) is 0 Å². The van der Waals surface area contributed by atoms with Gasteiger partial charge in [0, 0.05) is 5.56 Å². The van der Waals surface area contributed by atoms with Gasteiger partial charge in [0.05, 0.1) is 26.9 Å². The Labute approximate surface area is 165 Å². The first-order chi connectivity index (χ1) is 13.6. The molecule has 0 spiro atoms. The lowest BCUT2D eigenvalue weighted by molar-refractivity contribution is 0.199. The first kappa shape index (κ1) is 20.0. The largest absolute Gasteiger partial charge is 0.493 e. The summed E-state index contributed by atoms with van der Waals surface area (Å²) in [6.07, 6.45) is 0.422. The Bertz CT molecular complexity index is 884. The second-order valence-electron chi connectivity index (χ2n) is 6.68. The van der Waals surface area contributed by atoms with Crippen LogP contribution in [0, 0.1) is 0 Å². The van der Waals surface area contributed by atoms with E-state index in [4.69, 9.17) is 13.9 Å². The molecule has 0 saturated carbocycles. The number of aliphatic hydroxyl groups excluding tert-OH is 1. The highest BCUT2D eigenvalue weighted by atomic mass is 16.5. The molecule has 1 heterocycles. The van der Waals surface area contributed by atoms with Gasteiger partial charge < -0.3 is 24.3 Å². The van der Waals surface area contributed by atoms with Crippen molar-refractivity contribution >= 4 is 0 Å². The Kier molecular flexibility index (Phi) is 6.74. The third kappa shape index (κ3) is 4.94. The lowest BCUT2D eigenvalue weighted by Crippen LogP contribution is -2.16. The molecule has 0 amide bonds. The van der Waals surface area contributed by atoms with Gasteiger partial charge in [-0.2, -0.15) is 0 Å². The molecular formula is C23H27NO4. The summed E-state index contributed by atoms with van der Waals surface area (Å²) in [4.78, 5) is 0. The van der Waals surface area contributed by atoms with E-state index in [1.54, 1.807) is 21.1 Å². The van der Waals surface area contributed by atoms with E-state index in [2.05, 4.69) is 5.32 Å². The summed E-state index contributed by atoms with van der Waals surface area (Å²) < 4.78 is 16.5. The highest BCUT2D eigenvalue weighted by molar-refractivity contribution is 5.58. The van der Waals surface area contributed by atoms with Crippen LogP contribution in [0.15, 0.2) is 59.0 Å². The molecule has 3 aromatic rings. The molecule has 2 N–H and O–H groups in total. The third-order valence-corrected chi connectivity index (χ3v) is 4.68. The van der Waals surface area contributed by atoms with Crippen molar-refractivity contribution in [2.45, 2.75) is 26.0 Å². The average molecular weight is 381 g/mol. The lowest BCUT2D eigenvalue weighted by Gasteiger charge is -2.09. The molecule has 0 aliphatic carbocycles. The second-order valence-corrected chi connectivity index (χ2v) is 6.68. The summed E-state index contributed by atoms with van der Waals surface area (Å²) in [7, 11) is 3.28. The molecule has 5 nitrogen and oxygen atoms in total. The van der Waals surface area contributed by atoms with Crippen molar-refractivity contribution in [2.24, 2.45) is 0 Å². The molecule has 5 heteroatoms. The predicted molar refractivity (Wildman–Crippen MR) is 110 cm³/mol. The van der Waals surface area contributed by atoms with Gasteiger partial charge in [0.25, 0.3) is 0 Å². The molecule has 0 radical (unpaired) electrons. The second kappa shape index (κ2) is 9.44. The van der Waals surface area contributed by atoms with E-state index in [0.717, 1.165) is 47.1 Å². The fourth-order valence-corrected chi connectivity index (χ4v) is 3.03. The van der Waals surface area contributed by atoms with E-state index < -0.39 is 6.10 Å². The Hall–Kier alpha value is -2.76. The maximum absolute atomic E-state index is 9.60. The van der Waals surface area contributed by atoms with Crippen LogP contribution in [0.25, 0.3) is 11.3 Å². The van der Waals surface area contributed by atoms with Crippen molar-refractivity contribution in [1.82, 2.24) is 5.32 Å². The molecular weight excluding hydrogens is 354 g/mol. The quantitative estimate of drug-likeness (QED) is 0.540. The third-order valence-electron chi connectivity index (χ3n) is 4.68. The van der Waals surface area contributed by atoms with Crippen LogP contribution in [0.1, 0.15) is 29.9 Å². The van der Waals surface area contributed by atoms with Gasteiger partial charge in [0.15, 0.2) is 11.5 Å². The smallest absolute Gasteiger partial charge is 0.160 e. The van der Waals surface area contributed by atoms with Crippen molar-refractivity contribution in [3.05, 3.63) is 71.5 Å². The highest BCUT2D eigenvalue weighted by Gasteiger charge is 2.07. The van der Waals surface area contributed by atoms with Gasteiger partial charge in [-0.25, -0.2) is 0 Å². The number of methoxy groups -OCH3 is 2. The summed E-state index contributed by atoms with van der Waals surface area (Å²) in [6, 6.07) is 17.7. The molecule has 1 atom stereocenters. The zero-order valence-corrected chi connectivity index (χ0v) is 16.6. The van der Waals surface area contributed by atoms with Crippen LogP contribution in [-0.2, 0) is 13.0 Å². The van der Waals surface area contributed by atoms with Gasteiger partial charge >= 0.3 is 0 Å². The molecule has 3 rings (SSSR count). The summed E-state index contributed by atoms with van der Waals surface area (Å²) in [5.74, 6) is 3.21. The van der Waals surface area contributed by atoms with Gasteiger partial charge in [-0.1, -0.05) is 30.3 Å². The predicted octanol–water partition coefficient (Wildman–Crippen LogP) is 4.35. The van der Waals surface area contributed by atoms with E-state index >= 15 is 0 Å². The van der Waals surface area contributed by atoms with Crippen molar-refractivity contribution in [1.29, 1.82) is 0 Å². The van der Waals surface area contributed by atoms with E-state index in [-0.39, 0.29) is 0 Å². The molecule has 0 fully saturated rings. The van der Waals surface area contributed by atoms with E-state index in [1.165, 1.54) is 5.56 Å². The van der Waals surface area contributed by atoms with Crippen LogP contribution in [0.5, 0.6) is 11.5 Å². The fourth-order valence-electron chi connectivity index (χ4n) is 3.03. The maximum atomic E-state index is 9.60. The number of aliphatic hydroxyl groups is 1. The molecule has 0 unspecified atom stereocenters. The number of hydrogen-bond donors (Lipinski definition) is 2. The minimum Gasteiger partial charge on any atom is -0.493 e. The lowest BCUT2D eigenvalue weighted by atomic mass is 10.1. The summed E-state index contributed by atoms with van der Waals surface area (Å²) >= 11 is 0. The van der Waals surface area contributed by atoms with E-state index in [1.807, 2.05) is 54.6 Å². The number of furan rings is 1. The van der Waals surface area contributed by atoms with E-state index in [9.17, 15) is 5.11 Å². The molecule has 0 bridgehead atoms. The van der Waals surface area contributed by atoms with Crippen molar-refractivity contribution in [3.8, 4) is 22.8 Å². The van der Waals surface area contributed by atoms with Gasteiger partial charge in [-0.15, -0.1) is 0 Å². The zero-order valence-electron chi connectivity index (χ0n) is 16.6. The molecule has 2 aromatic carbocycles. The Morgan fingerprint density at radius 1 is 0.964 bits per heavy atom. The highest BCUT2D eigenvalue weighted by Crippen LogP contribution is 2.27. The zero-order chi connectivity index (χ0) is 19.9. The Balaban J connectivity index is 1.51. The maximum Gasteiger partial charge on any atom is 0.160 e. The first-order valence-corrected chi connectivity index (χ1v) is 9.39. The van der Waals surface area contributed by atoms with Gasteiger partial charge in [-0.05, 0) is 55.3 Å². The molecule has 0 aliphatic rings. The molecule has 0 aliphatic heterocycles. The van der Waals surface area contributed by atoms with Crippen LogP contribution in [0.2, 0.25) is 0 Å². The normalized spacial score (nSPS) is 12.0. The number of ether oxygens (including phenoxy) is 2. The molecule has 1 aromatic heterocycles. The number of nitrogens with one attached hydrogen (secondary N) is 1. The van der Waals surface area contributed by atoms with Crippen LogP contribution in [-0.4, -0.2) is 25.9 Å². The van der Waals surface area contributed by atoms with Gasteiger partial charge in [-0.3, -0.25) is 0 Å². The van der Waals surface area contributed by atoms with E-state index in [0.29, 0.717) is 6.54 Å². The summed E-state index contributed by atoms with van der Waals surface area (Å²) in [5, 5.41) is 13.0. The molecule has 0 saturated heterocycles. The van der Waals surface area contributed by atoms with Crippen molar-refractivity contribution in [2.75, 3.05) is 20.8 Å². The number of rotatable bonds is 9. The van der Waals surface area contributed by atoms with Crippen molar-refractivity contribution < 1.29 is 19.0 Å². The van der Waals surface area contributed by atoms with Crippen LogP contribution in [0.3, 0.4) is 0 Å². The minimum absolute atomic E-state index is 0.462. The molecule has 148 valence electrons. The van der Waals surface area contributed by atoms with Crippen molar-refractivity contribution in [3.63, 3.8) is 0 Å². The number of benzene rings is 2. The SMILES string of the molecule is COc1ccc(CCNCc2ccc(-c3ccc([C@@H](C)O)cc3)o2)cc1OC. The summed E-state index contributed by atoms with van der Waals surface area (Å²) in [6.45, 7) is 3.25. The standard InChI is InChI=1S/C23H27NO4/c1-16(25)18-5-7-19(8-6-18)21-11-9-20(28-21)15-24-13-12-17-4-10-22(26-2)23(14-17)27-3/h4-11,14,16,24-25H,12-13,15H2,1-3H3/t16-/m1/s1. The Morgan fingerprint density at radius 2 is 1.71 bits per heavy atom. The monoisotopic (exact) mass is 381 g/mol. The van der Waals surface area contributed by atoms with Crippen LogP contribution < -0.4 is 14.8 Å². The minimum atomic E-state index is -0.462. The molecule has 28 heavy (non-hydrogen) atoms. The summed E-state index contributed by atoms with van der Waals surface area (Å²) in [5.41, 5.74) is 3.08. The first-order valence-electron chi connectivity index (χ1n) is 9.39. The van der Waals surface area contributed by atoms with Gasteiger partial charge in [0.2, 0.25) is 0 Å².